The molecule has 124 valence electrons. The van der Waals surface area contributed by atoms with Crippen LogP contribution in [0.3, 0.4) is 0 Å². The van der Waals surface area contributed by atoms with Crippen molar-refractivity contribution >= 4 is 5.91 Å². The quantitative estimate of drug-likeness (QED) is 0.758. The van der Waals surface area contributed by atoms with Crippen LogP contribution < -0.4 is 0 Å². The van der Waals surface area contributed by atoms with Gasteiger partial charge in [-0.1, -0.05) is 0 Å². The summed E-state index contributed by atoms with van der Waals surface area (Å²) < 4.78 is 1.82. The van der Waals surface area contributed by atoms with Gasteiger partial charge in [0, 0.05) is 18.5 Å². The zero-order valence-electron chi connectivity index (χ0n) is 13.9. The summed E-state index contributed by atoms with van der Waals surface area (Å²) in [4.78, 5) is 14.2. The van der Waals surface area contributed by atoms with E-state index in [0.29, 0.717) is 5.69 Å². The molecule has 4 nitrogen and oxygen atoms in total. The largest absolute Gasteiger partial charge is 2.00 e. The van der Waals surface area contributed by atoms with E-state index in [-0.39, 0.29) is 29.0 Å². The third-order valence-corrected chi connectivity index (χ3v) is 3.95. The molecule has 1 aromatic heterocycles. The van der Waals surface area contributed by atoms with Crippen LogP contribution in [0.5, 0.6) is 0 Å². The molecule has 0 N–H and O–H groups in total. The Balaban J connectivity index is 0.000000300. The summed E-state index contributed by atoms with van der Waals surface area (Å²) in [5, 5.41) is 4.51. The predicted molar refractivity (Wildman–Crippen MR) is 89.4 cm³/mol. The molecule has 5 heteroatoms. The third kappa shape index (κ3) is 4.43. The first-order valence-electron chi connectivity index (χ1n) is 7.94. The number of nitrogens with zero attached hydrogens (tertiary/aromatic N) is 3. The van der Waals surface area contributed by atoms with Gasteiger partial charge >= 0.3 is 17.1 Å². The Bertz CT molecular complexity index is 523. The number of amides is 1. The van der Waals surface area contributed by atoms with Crippen molar-refractivity contribution in [3.8, 4) is 0 Å². The van der Waals surface area contributed by atoms with Crippen LogP contribution in [0.2, 0.25) is 0 Å². The fourth-order valence-electron chi connectivity index (χ4n) is 2.71. The monoisotopic (exact) mass is 363 g/mol. The van der Waals surface area contributed by atoms with Crippen molar-refractivity contribution in [3.63, 3.8) is 0 Å². The van der Waals surface area contributed by atoms with E-state index < -0.39 is 0 Å². The second-order valence-electron chi connectivity index (χ2n) is 5.87. The second kappa shape index (κ2) is 9.05. The van der Waals surface area contributed by atoms with E-state index in [1.165, 1.54) is 0 Å². The summed E-state index contributed by atoms with van der Waals surface area (Å²) in [6, 6.07) is 2.13. The molecular formula is C19H21FeN3O+2. The Labute approximate surface area is 156 Å². The van der Waals surface area contributed by atoms with Crippen LogP contribution in [0.4, 0.5) is 0 Å². The van der Waals surface area contributed by atoms with E-state index in [2.05, 4.69) is 5.10 Å². The van der Waals surface area contributed by atoms with Crippen LogP contribution in [0, 0.1) is 63.7 Å². The average Bonchev–Trinajstić information content (AvgIpc) is 3.29. The molecule has 24 heavy (non-hydrogen) atoms. The second-order valence-corrected chi connectivity index (χ2v) is 5.87. The third-order valence-electron chi connectivity index (χ3n) is 3.95. The van der Waals surface area contributed by atoms with Gasteiger partial charge in [0.2, 0.25) is 0 Å². The van der Waals surface area contributed by atoms with Crippen molar-refractivity contribution in [2.24, 2.45) is 0 Å². The van der Waals surface area contributed by atoms with Crippen LogP contribution in [0.25, 0.3) is 0 Å². The molecular weight excluding hydrogens is 342 g/mol. The molecule has 2 aliphatic carbocycles. The molecule has 0 spiro atoms. The van der Waals surface area contributed by atoms with Crippen molar-refractivity contribution in [1.29, 1.82) is 0 Å². The first-order chi connectivity index (χ1) is 11.2. The van der Waals surface area contributed by atoms with Gasteiger partial charge in [0.25, 0.3) is 5.91 Å². The van der Waals surface area contributed by atoms with Crippen LogP contribution in [0.1, 0.15) is 30.0 Å². The Kier molecular flexibility index (Phi) is 7.36. The molecule has 1 aliphatic heterocycles. The molecule has 1 amide bonds. The van der Waals surface area contributed by atoms with Crippen LogP contribution >= 0.6 is 0 Å². The first kappa shape index (κ1) is 19.5. The zero-order chi connectivity index (χ0) is 16.2. The molecule has 10 radical (unpaired) electrons. The minimum Gasteiger partial charge on any atom is -0.333 e. The minimum absolute atomic E-state index is 0. The van der Waals surface area contributed by atoms with E-state index in [9.17, 15) is 4.79 Å². The van der Waals surface area contributed by atoms with Gasteiger partial charge < -0.3 is 4.90 Å². The van der Waals surface area contributed by atoms with E-state index in [0.717, 1.165) is 24.7 Å². The summed E-state index contributed by atoms with van der Waals surface area (Å²) >= 11 is 0. The standard InChI is InChI=1S/C14H16N3O.C5H5.Fe/c1-10(2)16-7-8-17-13(14(16)18)9-12(15-17)11-5-3-4-6-11;1-2-4-5-3-1;/h3-6,9-10H,7-8H2,1-2H3;1-5H;/q;;+2. The van der Waals surface area contributed by atoms with Crippen molar-refractivity contribution in [2.45, 2.75) is 26.4 Å². The Morgan fingerprint density at radius 3 is 2.08 bits per heavy atom. The SMILES string of the molecule is CC(C)N1CCn2nc([C]3[CH][CH][CH][CH]3)cc2C1=O.[CH]1[CH][CH][CH][CH]1.[Fe+2]. The first-order valence-corrected chi connectivity index (χ1v) is 7.94. The average molecular weight is 363 g/mol. The van der Waals surface area contributed by atoms with Gasteiger partial charge in [0.05, 0.1) is 12.2 Å². The van der Waals surface area contributed by atoms with E-state index in [4.69, 9.17) is 0 Å². The number of fused-ring (bicyclic) bond motifs is 1. The van der Waals surface area contributed by atoms with Gasteiger partial charge in [-0.3, -0.25) is 9.48 Å². The van der Waals surface area contributed by atoms with Crippen LogP contribution in [-0.2, 0) is 23.6 Å². The minimum atomic E-state index is 0. The molecule has 0 atom stereocenters. The summed E-state index contributed by atoms with van der Waals surface area (Å²) in [6.45, 7) is 5.61. The number of hydrogen-bond donors (Lipinski definition) is 0. The summed E-state index contributed by atoms with van der Waals surface area (Å²) in [5.41, 5.74) is 1.58. The zero-order valence-corrected chi connectivity index (χ0v) is 15.0. The van der Waals surface area contributed by atoms with Crippen LogP contribution in [-0.4, -0.2) is 33.2 Å². The molecule has 0 bridgehead atoms. The Hall–Kier alpha value is -0.801. The van der Waals surface area contributed by atoms with Gasteiger partial charge in [-0.25, -0.2) is 0 Å². The molecule has 2 saturated carbocycles. The van der Waals surface area contributed by atoms with Crippen molar-refractivity contribution in [2.75, 3.05) is 6.54 Å². The predicted octanol–water partition coefficient (Wildman–Crippen LogP) is 2.52. The molecule has 1 aromatic rings. The van der Waals surface area contributed by atoms with Crippen molar-refractivity contribution in [1.82, 2.24) is 14.7 Å². The number of carbonyl (C=O) groups excluding carboxylic acids is 1. The van der Waals surface area contributed by atoms with Crippen molar-refractivity contribution in [3.05, 3.63) is 81.2 Å². The molecule has 0 aromatic carbocycles. The summed E-state index contributed by atoms with van der Waals surface area (Å²) in [7, 11) is 0. The summed E-state index contributed by atoms with van der Waals surface area (Å²) in [5.74, 6) is 1.15. The van der Waals surface area contributed by atoms with E-state index in [1.807, 2.05) is 87.3 Å². The molecule has 2 heterocycles. The number of hydrogen-bond acceptors (Lipinski definition) is 2. The van der Waals surface area contributed by atoms with E-state index in [1.54, 1.807) is 0 Å². The maximum atomic E-state index is 12.3. The molecule has 4 rings (SSSR count). The Morgan fingerprint density at radius 1 is 0.958 bits per heavy atom. The molecule has 0 unspecified atom stereocenters. The maximum absolute atomic E-state index is 12.3. The smallest absolute Gasteiger partial charge is 0.333 e. The Morgan fingerprint density at radius 2 is 1.54 bits per heavy atom. The number of rotatable bonds is 2. The fourth-order valence-corrected chi connectivity index (χ4v) is 2.71. The van der Waals surface area contributed by atoms with Gasteiger partial charge in [-0.2, -0.15) is 5.10 Å². The molecule has 2 fully saturated rings. The number of aromatic nitrogens is 2. The number of carbonyl (C=O) groups is 1. The fraction of sp³-hybridized carbons (Fsp3) is 0.263. The molecule has 3 aliphatic rings. The van der Waals surface area contributed by atoms with Gasteiger partial charge in [-0.05, 0) is 77.7 Å². The normalized spacial score (nSPS) is 20.6. The maximum Gasteiger partial charge on any atom is 2.00 e. The molecule has 0 saturated heterocycles. The van der Waals surface area contributed by atoms with E-state index >= 15 is 0 Å². The summed E-state index contributed by atoms with van der Waals surface area (Å²) in [6.07, 6.45) is 18.0. The topological polar surface area (TPSA) is 38.1 Å². The van der Waals surface area contributed by atoms with Gasteiger partial charge in [-0.15, -0.1) is 0 Å². The van der Waals surface area contributed by atoms with Crippen molar-refractivity contribution < 1.29 is 21.9 Å². The van der Waals surface area contributed by atoms with Gasteiger partial charge in [0.15, 0.2) is 0 Å². The van der Waals surface area contributed by atoms with Gasteiger partial charge in [0.1, 0.15) is 5.69 Å². The van der Waals surface area contributed by atoms with Crippen LogP contribution in [0.15, 0.2) is 6.07 Å².